The van der Waals surface area contributed by atoms with E-state index < -0.39 is 0 Å². The summed E-state index contributed by atoms with van der Waals surface area (Å²) < 4.78 is 6.66. The van der Waals surface area contributed by atoms with E-state index in [9.17, 15) is 0 Å². The molecule has 19 heavy (non-hydrogen) atoms. The number of hydrazine groups is 1. The van der Waals surface area contributed by atoms with Crippen LogP contribution in [0.25, 0.3) is 0 Å². The number of aromatic nitrogens is 1. The van der Waals surface area contributed by atoms with E-state index in [-0.39, 0.29) is 6.04 Å². The van der Waals surface area contributed by atoms with Crippen molar-refractivity contribution in [1.82, 2.24) is 10.4 Å². The van der Waals surface area contributed by atoms with E-state index in [0.717, 1.165) is 34.5 Å². The molecule has 0 bridgehead atoms. The summed E-state index contributed by atoms with van der Waals surface area (Å²) in [7, 11) is 0. The van der Waals surface area contributed by atoms with Crippen LogP contribution in [0.15, 0.2) is 41.0 Å². The lowest BCUT2D eigenvalue weighted by Crippen LogP contribution is -2.30. The van der Waals surface area contributed by atoms with Gasteiger partial charge in [-0.2, -0.15) is 0 Å². The van der Waals surface area contributed by atoms with Crippen molar-refractivity contribution < 1.29 is 4.74 Å². The summed E-state index contributed by atoms with van der Waals surface area (Å²) >= 11 is 3.52. The molecule has 5 heteroatoms. The minimum Gasteiger partial charge on any atom is -0.493 e. The molecule has 4 nitrogen and oxygen atoms in total. The van der Waals surface area contributed by atoms with Crippen molar-refractivity contribution in [2.45, 2.75) is 12.5 Å². The quantitative estimate of drug-likeness (QED) is 0.673. The number of benzene rings is 1. The molecule has 0 aliphatic carbocycles. The number of hydrogen-bond acceptors (Lipinski definition) is 4. The highest BCUT2D eigenvalue weighted by Crippen LogP contribution is 2.36. The normalized spacial score (nSPS) is 14.8. The first-order chi connectivity index (χ1) is 9.31. The number of para-hydroxylation sites is 1. The lowest BCUT2D eigenvalue weighted by molar-refractivity contribution is 0.350. The Morgan fingerprint density at radius 1 is 1.32 bits per heavy atom. The smallest absolute Gasteiger partial charge is 0.127 e. The first kappa shape index (κ1) is 12.6. The van der Waals surface area contributed by atoms with Crippen molar-refractivity contribution in [3.05, 3.63) is 57.8 Å². The largest absolute Gasteiger partial charge is 0.493 e. The molecule has 2 heterocycles. The van der Waals surface area contributed by atoms with Crippen LogP contribution in [-0.2, 0) is 6.42 Å². The minimum atomic E-state index is -0.191. The Labute approximate surface area is 120 Å². The lowest BCUT2D eigenvalue weighted by Gasteiger charge is -2.19. The third-order valence-corrected chi connectivity index (χ3v) is 3.95. The molecule has 2 aromatic rings. The topological polar surface area (TPSA) is 60.2 Å². The number of halogens is 1. The van der Waals surface area contributed by atoms with Crippen LogP contribution in [0.5, 0.6) is 5.75 Å². The van der Waals surface area contributed by atoms with Gasteiger partial charge in [0.1, 0.15) is 5.75 Å². The summed E-state index contributed by atoms with van der Waals surface area (Å²) in [6, 6.07) is 9.79. The Morgan fingerprint density at radius 2 is 2.21 bits per heavy atom. The third-order valence-electron chi connectivity index (χ3n) is 3.28. The van der Waals surface area contributed by atoms with Crippen LogP contribution in [0.3, 0.4) is 0 Å². The number of nitrogens with two attached hydrogens (primary N) is 1. The van der Waals surface area contributed by atoms with Gasteiger partial charge in [0.25, 0.3) is 0 Å². The van der Waals surface area contributed by atoms with Crippen molar-refractivity contribution in [2.75, 3.05) is 6.61 Å². The molecule has 3 rings (SSSR count). The van der Waals surface area contributed by atoms with Crippen molar-refractivity contribution >= 4 is 15.9 Å². The van der Waals surface area contributed by atoms with E-state index in [1.165, 1.54) is 5.56 Å². The van der Waals surface area contributed by atoms with Gasteiger partial charge in [-0.25, -0.2) is 5.43 Å². The Hall–Kier alpha value is -1.43. The Balaban J connectivity index is 2.09. The van der Waals surface area contributed by atoms with Gasteiger partial charge in [-0.15, -0.1) is 0 Å². The predicted molar refractivity (Wildman–Crippen MR) is 76.7 cm³/mol. The first-order valence-electron chi connectivity index (χ1n) is 6.12. The number of fused-ring (bicyclic) bond motifs is 1. The van der Waals surface area contributed by atoms with E-state index in [4.69, 9.17) is 10.6 Å². The molecular weight excluding hydrogens is 306 g/mol. The molecular formula is C14H14BrN3O. The van der Waals surface area contributed by atoms with E-state index in [1.54, 1.807) is 6.20 Å². The summed E-state index contributed by atoms with van der Waals surface area (Å²) in [4.78, 5) is 4.41. The predicted octanol–water partition coefficient (Wildman–Crippen LogP) is 2.33. The maximum atomic E-state index is 5.74. The van der Waals surface area contributed by atoms with Gasteiger partial charge < -0.3 is 4.74 Å². The summed E-state index contributed by atoms with van der Waals surface area (Å²) in [6.45, 7) is 0.729. The maximum absolute atomic E-state index is 5.74. The second kappa shape index (κ2) is 5.28. The van der Waals surface area contributed by atoms with Gasteiger partial charge in [0.15, 0.2) is 0 Å². The summed E-state index contributed by atoms with van der Waals surface area (Å²) in [5.74, 6) is 6.67. The molecule has 0 saturated heterocycles. The van der Waals surface area contributed by atoms with Gasteiger partial charge in [0.2, 0.25) is 0 Å². The SMILES string of the molecule is NNC(c1cccc2c1OCC2)c1ncccc1Br. The Kier molecular flexibility index (Phi) is 3.50. The number of ether oxygens (including phenoxy) is 1. The van der Waals surface area contributed by atoms with Gasteiger partial charge in [-0.3, -0.25) is 10.8 Å². The molecule has 3 N–H and O–H groups in total. The fraction of sp³-hybridized carbons (Fsp3) is 0.214. The highest BCUT2D eigenvalue weighted by molar-refractivity contribution is 9.10. The van der Waals surface area contributed by atoms with Gasteiger partial charge in [0, 0.05) is 22.7 Å². The zero-order valence-electron chi connectivity index (χ0n) is 10.3. The summed E-state index contributed by atoms with van der Waals surface area (Å²) in [5.41, 5.74) is 5.94. The van der Waals surface area contributed by atoms with Crippen LogP contribution < -0.4 is 16.0 Å². The number of nitrogens with one attached hydrogen (secondary N) is 1. The van der Waals surface area contributed by atoms with E-state index in [1.807, 2.05) is 24.3 Å². The number of hydrogen-bond donors (Lipinski definition) is 2. The first-order valence-corrected chi connectivity index (χ1v) is 6.91. The average Bonchev–Trinajstić information content (AvgIpc) is 2.91. The van der Waals surface area contributed by atoms with Crippen LogP contribution in [0.4, 0.5) is 0 Å². The number of pyridine rings is 1. The van der Waals surface area contributed by atoms with Gasteiger partial charge in [-0.05, 0) is 33.6 Å². The zero-order valence-corrected chi connectivity index (χ0v) is 11.9. The second-order valence-electron chi connectivity index (χ2n) is 4.40. The van der Waals surface area contributed by atoms with Crippen molar-refractivity contribution in [2.24, 2.45) is 5.84 Å². The summed E-state index contributed by atoms with van der Waals surface area (Å²) in [6.07, 6.45) is 2.71. The maximum Gasteiger partial charge on any atom is 0.127 e. The molecule has 0 saturated carbocycles. The molecule has 1 unspecified atom stereocenters. The number of nitrogens with zero attached hydrogens (tertiary/aromatic N) is 1. The van der Waals surface area contributed by atoms with Crippen LogP contribution in [-0.4, -0.2) is 11.6 Å². The van der Waals surface area contributed by atoms with Crippen molar-refractivity contribution in [1.29, 1.82) is 0 Å². The Bertz CT molecular complexity index is 603. The lowest BCUT2D eigenvalue weighted by atomic mass is 9.99. The fourth-order valence-electron chi connectivity index (χ4n) is 2.39. The molecule has 0 spiro atoms. The standard InChI is InChI=1S/C14H14BrN3O/c15-11-5-2-7-17-13(11)12(18-16)10-4-1-3-9-6-8-19-14(9)10/h1-5,7,12,18H,6,8,16H2. The van der Waals surface area contributed by atoms with Crippen molar-refractivity contribution in [3.8, 4) is 5.75 Å². The van der Waals surface area contributed by atoms with Crippen LogP contribution in [0, 0.1) is 0 Å². The van der Waals surface area contributed by atoms with Crippen LogP contribution >= 0.6 is 15.9 Å². The molecule has 1 atom stereocenters. The minimum absolute atomic E-state index is 0.191. The second-order valence-corrected chi connectivity index (χ2v) is 5.26. The summed E-state index contributed by atoms with van der Waals surface area (Å²) in [5, 5.41) is 0. The molecule has 1 aromatic heterocycles. The molecule has 1 aromatic carbocycles. The van der Waals surface area contributed by atoms with E-state index in [0.29, 0.717) is 0 Å². The molecule has 0 radical (unpaired) electrons. The average molecular weight is 320 g/mol. The highest BCUT2D eigenvalue weighted by Gasteiger charge is 2.24. The third kappa shape index (κ3) is 2.25. The van der Waals surface area contributed by atoms with E-state index >= 15 is 0 Å². The highest BCUT2D eigenvalue weighted by atomic mass is 79.9. The van der Waals surface area contributed by atoms with Gasteiger partial charge in [0.05, 0.1) is 18.3 Å². The number of rotatable bonds is 3. The van der Waals surface area contributed by atoms with Crippen molar-refractivity contribution in [3.63, 3.8) is 0 Å². The molecule has 1 aliphatic rings. The Morgan fingerprint density at radius 3 is 3.00 bits per heavy atom. The monoisotopic (exact) mass is 319 g/mol. The fourth-order valence-corrected chi connectivity index (χ4v) is 2.88. The van der Waals surface area contributed by atoms with Gasteiger partial charge in [-0.1, -0.05) is 18.2 Å². The zero-order chi connectivity index (χ0) is 13.2. The molecule has 1 aliphatic heterocycles. The van der Waals surface area contributed by atoms with Gasteiger partial charge >= 0.3 is 0 Å². The van der Waals surface area contributed by atoms with E-state index in [2.05, 4.69) is 32.4 Å². The molecule has 0 fully saturated rings. The molecule has 0 amide bonds. The molecule has 98 valence electrons. The van der Waals surface area contributed by atoms with Crippen LogP contribution in [0.1, 0.15) is 22.9 Å². The van der Waals surface area contributed by atoms with Crippen LogP contribution in [0.2, 0.25) is 0 Å².